The summed E-state index contributed by atoms with van der Waals surface area (Å²) in [4.78, 5) is 33.9. The second-order valence-corrected chi connectivity index (χ2v) is 12.0. The highest BCUT2D eigenvalue weighted by Gasteiger charge is 2.32. The van der Waals surface area contributed by atoms with Crippen molar-refractivity contribution in [2.75, 3.05) is 24.5 Å². The van der Waals surface area contributed by atoms with Crippen molar-refractivity contribution in [2.45, 2.75) is 57.4 Å². The zero-order valence-electron chi connectivity index (χ0n) is 23.8. The molecule has 7 rings (SSSR count). The first-order valence-electron chi connectivity index (χ1n) is 15.0. The molecule has 2 aromatic heterocycles. The Labute approximate surface area is 244 Å². The van der Waals surface area contributed by atoms with Crippen LogP contribution in [0.25, 0.3) is 16.9 Å². The summed E-state index contributed by atoms with van der Waals surface area (Å²) in [5.74, 6) is -0.0859. The Morgan fingerprint density at radius 3 is 2.52 bits per heavy atom. The van der Waals surface area contributed by atoms with Gasteiger partial charge in [0.25, 0.3) is 5.91 Å². The first-order valence-corrected chi connectivity index (χ1v) is 15.0. The van der Waals surface area contributed by atoms with E-state index < -0.39 is 0 Å². The second kappa shape index (κ2) is 10.5. The van der Waals surface area contributed by atoms with Crippen molar-refractivity contribution < 1.29 is 14.0 Å². The number of hydrogen-bond acceptors (Lipinski definition) is 5. The molecular weight excluding hydrogens is 531 g/mol. The van der Waals surface area contributed by atoms with Crippen LogP contribution in [0.2, 0.25) is 0 Å². The highest BCUT2D eigenvalue weighted by Crippen LogP contribution is 2.41. The number of aromatic nitrogens is 3. The van der Waals surface area contributed by atoms with Gasteiger partial charge in [0.1, 0.15) is 11.5 Å². The van der Waals surface area contributed by atoms with Crippen LogP contribution in [0.15, 0.2) is 54.6 Å². The molecule has 1 saturated heterocycles. The minimum absolute atomic E-state index is 0.0353. The topological polar surface area (TPSA) is 96.8 Å². The number of carbonyl (C=O) groups is 2. The molecule has 216 valence electrons. The number of primary amides is 1. The molecule has 2 aromatic carbocycles. The minimum atomic E-state index is -0.347. The summed E-state index contributed by atoms with van der Waals surface area (Å²) in [7, 11) is 0. The van der Waals surface area contributed by atoms with Crippen LogP contribution in [0.3, 0.4) is 0 Å². The average Bonchev–Trinajstić information content (AvgIpc) is 3.75. The summed E-state index contributed by atoms with van der Waals surface area (Å²) < 4.78 is 17.3. The zero-order chi connectivity index (χ0) is 29.0. The highest BCUT2D eigenvalue weighted by atomic mass is 19.1. The number of rotatable bonds is 6. The molecule has 1 aliphatic carbocycles. The van der Waals surface area contributed by atoms with E-state index in [1.807, 2.05) is 29.2 Å². The molecule has 1 atom stereocenters. The standard InChI is InChI=1S/C33H35FN6O2/c1-20-25-5-3-2-4-22(25)12-15-39(20)33(42)29-18-30(23-6-7-23)40-32(36-29)19-28(37-40)26-9-8-24(17-27(26)34)38-13-10-21(11-14-38)16-31(35)41/h2-5,8-9,17-21,23H,6-7,10-16H2,1H3,(H2,35,41)/t20-/m1/s1. The predicted molar refractivity (Wildman–Crippen MR) is 159 cm³/mol. The summed E-state index contributed by atoms with van der Waals surface area (Å²) in [6.07, 6.45) is 5.02. The lowest BCUT2D eigenvalue weighted by molar-refractivity contribution is -0.119. The van der Waals surface area contributed by atoms with Gasteiger partial charge in [0.05, 0.1) is 11.7 Å². The Hall–Kier alpha value is -4.27. The van der Waals surface area contributed by atoms with Crippen LogP contribution in [0.5, 0.6) is 0 Å². The van der Waals surface area contributed by atoms with Gasteiger partial charge < -0.3 is 15.5 Å². The molecule has 4 aromatic rings. The molecule has 0 unspecified atom stereocenters. The summed E-state index contributed by atoms with van der Waals surface area (Å²) in [6, 6.07) is 17.2. The van der Waals surface area contributed by atoms with Crippen LogP contribution in [0, 0.1) is 11.7 Å². The van der Waals surface area contributed by atoms with Gasteiger partial charge in [-0.1, -0.05) is 24.3 Å². The van der Waals surface area contributed by atoms with Gasteiger partial charge in [0, 0.05) is 55.0 Å². The molecule has 42 heavy (non-hydrogen) atoms. The van der Waals surface area contributed by atoms with E-state index in [1.54, 1.807) is 22.7 Å². The van der Waals surface area contributed by atoms with Crippen LogP contribution in [-0.4, -0.2) is 50.9 Å². The van der Waals surface area contributed by atoms with E-state index in [0.717, 1.165) is 56.6 Å². The van der Waals surface area contributed by atoms with Crippen LogP contribution < -0.4 is 10.6 Å². The molecule has 3 aliphatic rings. The summed E-state index contributed by atoms with van der Waals surface area (Å²) in [6.45, 7) is 4.24. The molecule has 9 heteroatoms. The van der Waals surface area contributed by atoms with Gasteiger partial charge in [-0.3, -0.25) is 9.59 Å². The molecule has 8 nitrogen and oxygen atoms in total. The van der Waals surface area contributed by atoms with Gasteiger partial charge in [-0.15, -0.1) is 0 Å². The van der Waals surface area contributed by atoms with E-state index in [2.05, 4.69) is 24.0 Å². The lowest BCUT2D eigenvalue weighted by atomic mass is 9.93. The zero-order valence-corrected chi connectivity index (χ0v) is 23.8. The molecule has 2 fully saturated rings. The number of anilines is 1. The van der Waals surface area contributed by atoms with Crippen molar-refractivity contribution in [3.05, 3.63) is 82.9 Å². The third-order valence-corrected chi connectivity index (χ3v) is 9.22. The fraction of sp³-hybridized carbons (Fsp3) is 0.394. The number of amides is 2. The van der Waals surface area contributed by atoms with E-state index in [4.69, 9.17) is 15.8 Å². The number of halogens is 1. The minimum Gasteiger partial charge on any atom is -0.371 e. The van der Waals surface area contributed by atoms with E-state index >= 15 is 4.39 Å². The first-order chi connectivity index (χ1) is 20.4. The highest BCUT2D eigenvalue weighted by molar-refractivity contribution is 5.93. The first kappa shape index (κ1) is 26.6. The molecular formula is C33H35FN6O2. The summed E-state index contributed by atoms with van der Waals surface area (Å²) >= 11 is 0. The maximum atomic E-state index is 15.5. The van der Waals surface area contributed by atoms with Crippen LogP contribution in [-0.2, 0) is 11.2 Å². The number of nitrogens with two attached hydrogens (primary N) is 1. The third-order valence-electron chi connectivity index (χ3n) is 9.22. The fourth-order valence-electron chi connectivity index (χ4n) is 6.69. The molecule has 4 heterocycles. The number of piperidine rings is 1. The Morgan fingerprint density at radius 1 is 1.00 bits per heavy atom. The van der Waals surface area contributed by atoms with Gasteiger partial charge in [0.15, 0.2) is 5.65 Å². The molecule has 2 amide bonds. The molecule has 0 bridgehead atoms. The van der Waals surface area contributed by atoms with Gasteiger partial charge in [0.2, 0.25) is 5.91 Å². The SMILES string of the molecule is C[C@@H]1c2ccccc2CCN1C(=O)c1cc(C2CC2)n2nc(-c3ccc(N4CCC(CC(N)=O)CC4)cc3F)cc2n1. The lowest BCUT2D eigenvalue weighted by Gasteiger charge is -2.35. The predicted octanol–water partition coefficient (Wildman–Crippen LogP) is 5.26. The van der Waals surface area contributed by atoms with Gasteiger partial charge in [-0.2, -0.15) is 5.10 Å². The Morgan fingerprint density at radius 2 is 1.79 bits per heavy atom. The van der Waals surface area contributed by atoms with Crippen molar-refractivity contribution in [2.24, 2.45) is 11.7 Å². The summed E-state index contributed by atoms with van der Waals surface area (Å²) in [5, 5.41) is 4.77. The van der Waals surface area contributed by atoms with Crippen molar-refractivity contribution in [3.63, 3.8) is 0 Å². The lowest BCUT2D eigenvalue weighted by Crippen LogP contribution is -2.39. The van der Waals surface area contributed by atoms with E-state index in [0.29, 0.717) is 47.4 Å². The quantitative estimate of drug-likeness (QED) is 0.343. The number of fused-ring (bicyclic) bond motifs is 2. The molecule has 2 N–H and O–H groups in total. The molecule has 0 radical (unpaired) electrons. The summed E-state index contributed by atoms with van der Waals surface area (Å²) in [5.41, 5.74) is 11.5. The Kier molecular flexibility index (Phi) is 6.67. The van der Waals surface area contributed by atoms with E-state index in [9.17, 15) is 9.59 Å². The van der Waals surface area contributed by atoms with Gasteiger partial charge >= 0.3 is 0 Å². The van der Waals surface area contributed by atoms with Crippen molar-refractivity contribution in [1.82, 2.24) is 19.5 Å². The smallest absolute Gasteiger partial charge is 0.273 e. The van der Waals surface area contributed by atoms with Gasteiger partial charge in [-0.25, -0.2) is 13.9 Å². The van der Waals surface area contributed by atoms with Crippen molar-refractivity contribution in [3.8, 4) is 11.3 Å². The van der Waals surface area contributed by atoms with Crippen LogP contribution >= 0.6 is 0 Å². The van der Waals surface area contributed by atoms with Crippen LogP contribution in [0.4, 0.5) is 10.1 Å². The number of carbonyl (C=O) groups excluding carboxylic acids is 2. The van der Waals surface area contributed by atoms with Crippen molar-refractivity contribution >= 4 is 23.1 Å². The van der Waals surface area contributed by atoms with E-state index in [-0.39, 0.29) is 23.7 Å². The average molecular weight is 567 g/mol. The van der Waals surface area contributed by atoms with Gasteiger partial charge in [-0.05, 0) is 80.3 Å². The molecule has 2 aliphatic heterocycles. The Bertz CT molecular complexity index is 1690. The maximum absolute atomic E-state index is 15.5. The van der Waals surface area contributed by atoms with E-state index in [1.165, 1.54) is 11.1 Å². The monoisotopic (exact) mass is 566 g/mol. The van der Waals surface area contributed by atoms with Crippen molar-refractivity contribution in [1.29, 1.82) is 0 Å². The van der Waals surface area contributed by atoms with Crippen LogP contribution in [0.1, 0.15) is 78.3 Å². The fourth-order valence-corrected chi connectivity index (χ4v) is 6.69. The third kappa shape index (κ3) is 4.91. The number of nitrogens with zero attached hydrogens (tertiary/aromatic N) is 5. The Balaban J connectivity index is 1.16. The molecule has 1 saturated carbocycles. The molecule has 0 spiro atoms. The maximum Gasteiger partial charge on any atom is 0.273 e. The number of hydrogen-bond donors (Lipinski definition) is 1. The second-order valence-electron chi connectivity index (χ2n) is 12.0. The number of benzene rings is 2. The normalized spacial score (nSPS) is 19.2. The largest absolute Gasteiger partial charge is 0.371 e.